The zero-order valence-corrected chi connectivity index (χ0v) is 12.8. The molecule has 0 aromatic heterocycles. The summed E-state index contributed by atoms with van der Waals surface area (Å²) in [5.74, 6) is 0.0113. The number of ether oxygens (including phenoxy) is 2. The lowest BCUT2D eigenvalue weighted by atomic mass is 10.2. The predicted octanol–water partition coefficient (Wildman–Crippen LogP) is 2.39. The van der Waals surface area contributed by atoms with Gasteiger partial charge in [-0.05, 0) is 37.1 Å². The third-order valence-corrected chi connectivity index (χ3v) is 3.70. The van der Waals surface area contributed by atoms with Gasteiger partial charge < -0.3 is 14.4 Å². The molecule has 2 rings (SSSR count). The lowest BCUT2D eigenvalue weighted by molar-refractivity contribution is -0.129. The van der Waals surface area contributed by atoms with E-state index in [1.807, 2.05) is 12.1 Å². The van der Waals surface area contributed by atoms with Gasteiger partial charge in [-0.2, -0.15) is 0 Å². The van der Waals surface area contributed by atoms with Gasteiger partial charge in [0.05, 0.1) is 13.2 Å². The largest absolute Gasteiger partial charge is 0.382 e. The van der Waals surface area contributed by atoms with Crippen molar-refractivity contribution in [3.05, 3.63) is 28.2 Å². The van der Waals surface area contributed by atoms with Crippen LogP contribution in [0, 0.1) is 0 Å². The van der Waals surface area contributed by atoms with E-state index >= 15 is 0 Å². The van der Waals surface area contributed by atoms with E-state index in [1.165, 1.54) is 5.56 Å². The first kappa shape index (κ1) is 14.5. The van der Waals surface area contributed by atoms with E-state index in [9.17, 15) is 4.79 Å². The van der Waals surface area contributed by atoms with Gasteiger partial charge in [0.15, 0.2) is 0 Å². The standard InChI is InChI=1S/C14H18BrNO3/c1-10(19-8-7-18-2)14(17)16-6-5-11-9-12(15)3-4-13(11)16/h3-4,9-10H,5-8H2,1-2H3. The van der Waals surface area contributed by atoms with Crippen LogP contribution >= 0.6 is 15.9 Å². The van der Waals surface area contributed by atoms with Crippen molar-refractivity contribution >= 4 is 27.5 Å². The zero-order valence-electron chi connectivity index (χ0n) is 11.2. The topological polar surface area (TPSA) is 38.8 Å². The normalized spacial score (nSPS) is 15.4. The van der Waals surface area contributed by atoms with Crippen LogP contribution in [-0.2, 0) is 20.7 Å². The number of anilines is 1. The first-order valence-corrected chi connectivity index (χ1v) is 7.13. The summed E-state index contributed by atoms with van der Waals surface area (Å²) in [7, 11) is 1.62. The third kappa shape index (κ3) is 3.35. The molecule has 1 aromatic rings. The fourth-order valence-corrected chi connectivity index (χ4v) is 2.61. The number of rotatable bonds is 5. The van der Waals surface area contributed by atoms with Gasteiger partial charge >= 0.3 is 0 Å². The highest BCUT2D eigenvalue weighted by Crippen LogP contribution is 2.31. The maximum Gasteiger partial charge on any atom is 0.255 e. The van der Waals surface area contributed by atoms with Gasteiger partial charge in [-0.1, -0.05) is 15.9 Å². The fourth-order valence-electron chi connectivity index (χ4n) is 2.20. The minimum Gasteiger partial charge on any atom is -0.382 e. The number of hydrogen-bond donors (Lipinski definition) is 0. The Labute approximate surface area is 121 Å². The van der Waals surface area contributed by atoms with Crippen molar-refractivity contribution in [3.63, 3.8) is 0 Å². The van der Waals surface area contributed by atoms with Crippen molar-refractivity contribution in [2.45, 2.75) is 19.4 Å². The first-order chi connectivity index (χ1) is 9.13. The van der Waals surface area contributed by atoms with Crippen molar-refractivity contribution in [1.82, 2.24) is 0 Å². The van der Waals surface area contributed by atoms with Crippen molar-refractivity contribution in [2.24, 2.45) is 0 Å². The van der Waals surface area contributed by atoms with Gasteiger partial charge in [0.25, 0.3) is 5.91 Å². The lowest BCUT2D eigenvalue weighted by Crippen LogP contribution is -2.38. The molecule has 104 valence electrons. The molecule has 5 heteroatoms. The van der Waals surface area contributed by atoms with Crippen LogP contribution in [0.1, 0.15) is 12.5 Å². The number of benzene rings is 1. The SMILES string of the molecule is COCCOC(C)C(=O)N1CCc2cc(Br)ccc21. The summed E-state index contributed by atoms with van der Waals surface area (Å²) in [6.07, 6.45) is 0.454. The summed E-state index contributed by atoms with van der Waals surface area (Å²) in [6.45, 7) is 3.45. The Balaban J connectivity index is 2.02. The Bertz CT molecular complexity index is 464. The van der Waals surface area contributed by atoms with Gasteiger partial charge in [-0.25, -0.2) is 0 Å². The highest BCUT2D eigenvalue weighted by Gasteiger charge is 2.28. The maximum atomic E-state index is 12.3. The summed E-state index contributed by atoms with van der Waals surface area (Å²) in [4.78, 5) is 14.1. The van der Waals surface area contributed by atoms with Gasteiger partial charge in [-0.15, -0.1) is 0 Å². The second-order valence-electron chi connectivity index (χ2n) is 4.52. The van der Waals surface area contributed by atoms with E-state index in [1.54, 1.807) is 18.9 Å². The highest BCUT2D eigenvalue weighted by molar-refractivity contribution is 9.10. The Hall–Kier alpha value is -0.910. The number of amides is 1. The summed E-state index contributed by atoms with van der Waals surface area (Å²) in [5, 5.41) is 0. The van der Waals surface area contributed by atoms with Crippen molar-refractivity contribution in [2.75, 3.05) is 31.8 Å². The second-order valence-corrected chi connectivity index (χ2v) is 5.43. The van der Waals surface area contributed by atoms with E-state index in [0.717, 1.165) is 23.1 Å². The minimum absolute atomic E-state index is 0.0113. The van der Waals surface area contributed by atoms with E-state index in [0.29, 0.717) is 13.2 Å². The zero-order chi connectivity index (χ0) is 13.8. The van der Waals surface area contributed by atoms with E-state index < -0.39 is 6.10 Å². The molecule has 0 saturated heterocycles. The molecular weight excluding hydrogens is 310 g/mol. The Morgan fingerprint density at radius 2 is 2.26 bits per heavy atom. The molecule has 0 bridgehead atoms. The number of halogens is 1. The molecular formula is C14H18BrNO3. The average Bonchev–Trinajstić information content (AvgIpc) is 2.80. The molecule has 1 atom stereocenters. The molecule has 0 N–H and O–H groups in total. The quantitative estimate of drug-likeness (QED) is 0.779. The molecule has 1 heterocycles. The Morgan fingerprint density at radius 3 is 3.00 bits per heavy atom. The van der Waals surface area contributed by atoms with Crippen LogP contribution in [0.25, 0.3) is 0 Å². The number of nitrogens with zero attached hydrogens (tertiary/aromatic N) is 1. The smallest absolute Gasteiger partial charge is 0.255 e. The third-order valence-electron chi connectivity index (χ3n) is 3.21. The van der Waals surface area contributed by atoms with Crippen LogP contribution in [0.3, 0.4) is 0 Å². The predicted molar refractivity (Wildman–Crippen MR) is 77.5 cm³/mol. The number of fused-ring (bicyclic) bond motifs is 1. The number of carbonyl (C=O) groups is 1. The Morgan fingerprint density at radius 1 is 1.47 bits per heavy atom. The molecule has 1 aliphatic rings. The Kier molecular flexibility index (Phi) is 4.96. The minimum atomic E-state index is -0.440. The van der Waals surface area contributed by atoms with Gasteiger partial charge in [0, 0.05) is 23.8 Å². The van der Waals surface area contributed by atoms with Crippen molar-refractivity contribution in [1.29, 1.82) is 0 Å². The molecule has 1 aromatic carbocycles. The molecule has 0 fully saturated rings. The van der Waals surface area contributed by atoms with Crippen LogP contribution in [0.5, 0.6) is 0 Å². The molecule has 0 aliphatic carbocycles. The summed E-state index contributed by atoms with van der Waals surface area (Å²) in [6, 6.07) is 6.01. The average molecular weight is 328 g/mol. The fraction of sp³-hybridized carbons (Fsp3) is 0.500. The van der Waals surface area contributed by atoms with Crippen molar-refractivity contribution < 1.29 is 14.3 Å². The number of methoxy groups -OCH3 is 1. The molecule has 4 nitrogen and oxygen atoms in total. The molecule has 1 unspecified atom stereocenters. The van der Waals surface area contributed by atoms with E-state index in [4.69, 9.17) is 9.47 Å². The lowest BCUT2D eigenvalue weighted by Gasteiger charge is -2.21. The molecule has 0 saturated carbocycles. The number of hydrogen-bond acceptors (Lipinski definition) is 3. The molecule has 0 spiro atoms. The summed E-state index contributed by atoms with van der Waals surface area (Å²) in [5.41, 5.74) is 2.20. The van der Waals surface area contributed by atoms with Gasteiger partial charge in [-0.3, -0.25) is 4.79 Å². The van der Waals surface area contributed by atoms with Crippen LogP contribution in [0.2, 0.25) is 0 Å². The van der Waals surface area contributed by atoms with E-state index in [2.05, 4.69) is 22.0 Å². The summed E-state index contributed by atoms with van der Waals surface area (Å²) < 4.78 is 11.4. The van der Waals surface area contributed by atoms with Crippen LogP contribution in [0.15, 0.2) is 22.7 Å². The van der Waals surface area contributed by atoms with E-state index in [-0.39, 0.29) is 5.91 Å². The molecule has 0 radical (unpaired) electrons. The number of carbonyl (C=O) groups excluding carboxylic acids is 1. The maximum absolute atomic E-state index is 12.3. The van der Waals surface area contributed by atoms with Crippen molar-refractivity contribution in [3.8, 4) is 0 Å². The summed E-state index contributed by atoms with van der Waals surface area (Å²) >= 11 is 3.45. The first-order valence-electron chi connectivity index (χ1n) is 6.34. The molecule has 19 heavy (non-hydrogen) atoms. The van der Waals surface area contributed by atoms with Gasteiger partial charge in [0.2, 0.25) is 0 Å². The monoisotopic (exact) mass is 327 g/mol. The van der Waals surface area contributed by atoms with Crippen LogP contribution < -0.4 is 4.90 Å². The molecule has 1 amide bonds. The van der Waals surface area contributed by atoms with Crippen LogP contribution in [-0.4, -0.2) is 38.9 Å². The van der Waals surface area contributed by atoms with Gasteiger partial charge in [0.1, 0.15) is 6.10 Å². The van der Waals surface area contributed by atoms with Crippen LogP contribution in [0.4, 0.5) is 5.69 Å². The highest BCUT2D eigenvalue weighted by atomic mass is 79.9. The molecule has 1 aliphatic heterocycles. The second kappa shape index (κ2) is 6.50.